The highest BCUT2D eigenvalue weighted by molar-refractivity contribution is 7.96. The molecule has 0 spiro atoms. The fourth-order valence-corrected chi connectivity index (χ4v) is 7.10. The Morgan fingerprint density at radius 1 is 1.27 bits per heavy atom. The van der Waals surface area contributed by atoms with Crippen molar-refractivity contribution < 1.29 is 13.2 Å². The second kappa shape index (κ2) is 9.54. The molecule has 33 heavy (non-hydrogen) atoms. The second-order valence-electron chi connectivity index (χ2n) is 9.01. The first-order valence-electron chi connectivity index (χ1n) is 11.4. The van der Waals surface area contributed by atoms with Gasteiger partial charge in [-0.2, -0.15) is 0 Å². The zero-order chi connectivity index (χ0) is 23.0. The van der Waals surface area contributed by atoms with Crippen molar-refractivity contribution in [2.24, 2.45) is 5.92 Å². The standard InChI is InChI=1S/C23H29ClN4O3S2/c1-26(33(29,30)22-8-5-11-28-20(22)14-25-32-28)15-17-12-19(13-17)31-21-7-4-6-18(23(21)24)16-27-9-2-3-10-27/h4-8,11,14,17,19,25H,2-3,9-10,12-13,15-16H2,1H3. The minimum Gasteiger partial charge on any atom is -0.489 e. The third-order valence-corrected chi connectivity index (χ3v) is 9.67. The summed E-state index contributed by atoms with van der Waals surface area (Å²) in [6.45, 7) is 3.58. The Labute approximate surface area is 205 Å². The number of benzene rings is 1. The Hall–Kier alpha value is -1.65. The van der Waals surface area contributed by atoms with E-state index in [1.54, 1.807) is 25.4 Å². The van der Waals surface area contributed by atoms with Crippen LogP contribution in [0.15, 0.2) is 53.4 Å². The van der Waals surface area contributed by atoms with E-state index in [0.717, 1.165) is 43.8 Å². The largest absolute Gasteiger partial charge is 0.489 e. The van der Waals surface area contributed by atoms with E-state index in [1.807, 2.05) is 22.6 Å². The first-order valence-corrected chi connectivity index (χ1v) is 13.9. The molecule has 0 amide bonds. The van der Waals surface area contributed by atoms with E-state index in [-0.39, 0.29) is 12.0 Å². The van der Waals surface area contributed by atoms with Gasteiger partial charge in [-0.3, -0.25) is 9.21 Å². The first-order chi connectivity index (χ1) is 15.9. The Balaban J connectivity index is 1.15. The predicted octanol–water partition coefficient (Wildman–Crippen LogP) is 4.08. The Bertz CT molecular complexity index is 1090. The number of hydrogen-bond acceptors (Lipinski definition) is 7. The van der Waals surface area contributed by atoms with E-state index in [9.17, 15) is 8.42 Å². The molecule has 1 N–H and O–H groups in total. The number of fused-ring (bicyclic) bond motifs is 1. The normalized spacial score (nSPS) is 24.9. The van der Waals surface area contributed by atoms with Crippen molar-refractivity contribution >= 4 is 33.8 Å². The van der Waals surface area contributed by atoms with Crippen LogP contribution in [-0.4, -0.2) is 54.7 Å². The van der Waals surface area contributed by atoms with Crippen LogP contribution in [0.4, 0.5) is 0 Å². The third-order valence-electron chi connectivity index (χ3n) is 6.63. The molecule has 10 heteroatoms. The number of rotatable bonds is 8. The highest BCUT2D eigenvalue weighted by atomic mass is 35.5. The van der Waals surface area contributed by atoms with Crippen LogP contribution >= 0.6 is 23.7 Å². The predicted molar refractivity (Wildman–Crippen MR) is 133 cm³/mol. The zero-order valence-electron chi connectivity index (χ0n) is 18.6. The van der Waals surface area contributed by atoms with Gasteiger partial charge in [-0.1, -0.05) is 23.7 Å². The molecule has 178 valence electrons. The molecule has 1 aromatic carbocycles. The van der Waals surface area contributed by atoms with E-state index in [0.29, 0.717) is 22.2 Å². The molecular formula is C23H29ClN4O3S2. The van der Waals surface area contributed by atoms with E-state index < -0.39 is 10.0 Å². The maximum Gasteiger partial charge on any atom is 0.244 e. The van der Waals surface area contributed by atoms with Gasteiger partial charge in [-0.15, -0.1) is 0 Å². The van der Waals surface area contributed by atoms with Crippen molar-refractivity contribution in [1.82, 2.24) is 18.2 Å². The molecule has 3 aliphatic heterocycles. The summed E-state index contributed by atoms with van der Waals surface area (Å²) in [5, 5.41) is 0.700. The van der Waals surface area contributed by atoms with Crippen LogP contribution in [0.1, 0.15) is 31.2 Å². The average Bonchev–Trinajstić information content (AvgIpc) is 3.46. The van der Waals surface area contributed by atoms with Crippen LogP contribution in [0.3, 0.4) is 0 Å². The van der Waals surface area contributed by atoms with Crippen LogP contribution < -0.4 is 9.46 Å². The molecule has 7 nitrogen and oxygen atoms in total. The van der Waals surface area contributed by atoms with E-state index >= 15 is 0 Å². The number of sulfonamides is 1. The summed E-state index contributed by atoms with van der Waals surface area (Å²) in [7, 11) is -1.92. The number of likely N-dealkylation sites (tertiary alicyclic amines) is 1. The SMILES string of the molecule is CN(CC1CC(Oc2cccc(CN3CCCC3)c2Cl)C1)S(=O)(=O)C1=CC=CN2SNC=C12. The van der Waals surface area contributed by atoms with Gasteiger partial charge in [-0.25, -0.2) is 12.7 Å². The van der Waals surface area contributed by atoms with E-state index in [4.69, 9.17) is 16.3 Å². The van der Waals surface area contributed by atoms with Crippen molar-refractivity contribution in [2.45, 2.75) is 38.3 Å². The van der Waals surface area contributed by atoms with Crippen molar-refractivity contribution in [3.05, 3.63) is 63.9 Å². The van der Waals surface area contributed by atoms with Crippen LogP contribution in [0.2, 0.25) is 5.02 Å². The highest BCUT2D eigenvalue weighted by Crippen LogP contribution is 2.38. The number of halogens is 1. The maximum atomic E-state index is 13.2. The highest BCUT2D eigenvalue weighted by Gasteiger charge is 2.37. The summed E-state index contributed by atoms with van der Waals surface area (Å²) >= 11 is 8.01. The quantitative estimate of drug-likeness (QED) is 0.531. The minimum absolute atomic E-state index is 0.0658. The number of nitrogens with one attached hydrogen (secondary N) is 1. The molecule has 1 saturated heterocycles. The molecule has 0 unspecified atom stereocenters. The van der Waals surface area contributed by atoms with Crippen LogP contribution in [0.25, 0.3) is 0 Å². The number of ether oxygens (including phenoxy) is 1. The minimum atomic E-state index is -3.57. The summed E-state index contributed by atoms with van der Waals surface area (Å²) in [4.78, 5) is 2.74. The van der Waals surface area contributed by atoms with E-state index in [2.05, 4.69) is 15.7 Å². The smallest absolute Gasteiger partial charge is 0.244 e. The fourth-order valence-electron chi connectivity index (χ4n) is 4.73. The fraction of sp³-hybridized carbons (Fsp3) is 0.478. The third kappa shape index (κ3) is 4.79. The molecule has 1 saturated carbocycles. The van der Waals surface area contributed by atoms with Gasteiger partial charge in [0, 0.05) is 32.5 Å². The lowest BCUT2D eigenvalue weighted by molar-refractivity contribution is 0.0576. The lowest BCUT2D eigenvalue weighted by Gasteiger charge is -2.37. The summed E-state index contributed by atoms with van der Waals surface area (Å²) in [6, 6.07) is 6.00. The molecule has 0 radical (unpaired) electrons. The molecule has 5 rings (SSSR count). The molecule has 0 atom stereocenters. The summed E-state index contributed by atoms with van der Waals surface area (Å²) in [6.07, 6.45) is 11.2. The average molecular weight is 509 g/mol. The topological polar surface area (TPSA) is 65.1 Å². The lowest BCUT2D eigenvalue weighted by atomic mass is 9.82. The van der Waals surface area contributed by atoms with Crippen molar-refractivity contribution in [1.29, 1.82) is 0 Å². The zero-order valence-corrected chi connectivity index (χ0v) is 21.0. The van der Waals surface area contributed by atoms with Crippen LogP contribution in [0, 0.1) is 5.92 Å². The summed E-state index contributed by atoms with van der Waals surface area (Å²) in [5.41, 5.74) is 1.77. The molecule has 0 bridgehead atoms. The monoisotopic (exact) mass is 508 g/mol. The van der Waals surface area contributed by atoms with Gasteiger partial charge >= 0.3 is 0 Å². The molecule has 3 heterocycles. The summed E-state index contributed by atoms with van der Waals surface area (Å²) < 4.78 is 38.8. The van der Waals surface area contributed by atoms with Gasteiger partial charge in [0.1, 0.15) is 10.7 Å². The molecule has 2 fully saturated rings. The lowest BCUT2D eigenvalue weighted by Crippen LogP contribution is -2.42. The molecule has 4 aliphatic rings. The van der Waals surface area contributed by atoms with Gasteiger partial charge < -0.3 is 9.46 Å². The van der Waals surface area contributed by atoms with Gasteiger partial charge in [0.15, 0.2) is 0 Å². The van der Waals surface area contributed by atoms with Crippen molar-refractivity contribution in [3.63, 3.8) is 0 Å². The van der Waals surface area contributed by atoms with E-state index in [1.165, 1.54) is 29.3 Å². The first kappa shape index (κ1) is 23.1. The number of hydrogen-bond donors (Lipinski definition) is 1. The van der Waals surface area contributed by atoms with Crippen LogP contribution in [0.5, 0.6) is 5.75 Å². The molecular weight excluding hydrogens is 480 g/mol. The number of nitrogens with zero attached hydrogens (tertiary/aromatic N) is 3. The maximum absolute atomic E-state index is 13.2. The van der Waals surface area contributed by atoms with Crippen molar-refractivity contribution in [2.75, 3.05) is 26.7 Å². The molecule has 0 aromatic heterocycles. The Morgan fingerprint density at radius 2 is 2.06 bits per heavy atom. The number of allylic oxidation sites excluding steroid dienone is 2. The Morgan fingerprint density at radius 3 is 2.85 bits per heavy atom. The van der Waals surface area contributed by atoms with Crippen LogP contribution in [-0.2, 0) is 16.6 Å². The van der Waals surface area contributed by atoms with Gasteiger partial charge in [0.25, 0.3) is 0 Å². The molecule has 1 aliphatic carbocycles. The van der Waals surface area contributed by atoms with Gasteiger partial charge in [-0.05, 0) is 68.5 Å². The van der Waals surface area contributed by atoms with Crippen molar-refractivity contribution in [3.8, 4) is 5.75 Å². The van der Waals surface area contributed by atoms with Gasteiger partial charge in [0.05, 0.1) is 29.0 Å². The van der Waals surface area contributed by atoms with Gasteiger partial charge in [0.2, 0.25) is 10.0 Å². The second-order valence-corrected chi connectivity index (χ2v) is 12.2. The molecule has 1 aromatic rings. The Kier molecular flexibility index (Phi) is 6.68. The summed E-state index contributed by atoms with van der Waals surface area (Å²) in [5.74, 6) is 0.998.